The average molecular weight is 364 g/mol. The largest absolute Gasteiger partial charge is 0.356 e. The van der Waals surface area contributed by atoms with Crippen LogP contribution in [0.5, 0.6) is 0 Å². The number of guanidine groups is 1. The van der Waals surface area contributed by atoms with Gasteiger partial charge in [0.2, 0.25) is 10.0 Å². The third-order valence-corrected chi connectivity index (χ3v) is 5.00. The van der Waals surface area contributed by atoms with Gasteiger partial charge in [0, 0.05) is 46.1 Å². The zero-order chi connectivity index (χ0) is 17.5. The number of rotatable bonds is 8. The fourth-order valence-electron chi connectivity index (χ4n) is 2.04. The highest BCUT2D eigenvalue weighted by atomic mass is 35.5. The standard InChI is InChI=1S/C14H26ClN5O2S/c1-5-23(21,22)18-8-6-7-17-14(16-2)20(4)11-13-9-12(15)10-19(13)3/h9-10,18H,5-8,11H2,1-4H3,(H,16,17). The number of nitrogens with zero attached hydrogens (tertiary/aromatic N) is 3. The lowest BCUT2D eigenvalue weighted by Gasteiger charge is -2.22. The van der Waals surface area contributed by atoms with E-state index in [2.05, 4.69) is 15.0 Å². The minimum atomic E-state index is -3.12. The van der Waals surface area contributed by atoms with E-state index in [-0.39, 0.29) is 5.75 Å². The van der Waals surface area contributed by atoms with E-state index in [0.29, 0.717) is 31.1 Å². The van der Waals surface area contributed by atoms with Crippen molar-refractivity contribution in [1.29, 1.82) is 0 Å². The van der Waals surface area contributed by atoms with Crippen molar-refractivity contribution >= 4 is 27.6 Å². The molecule has 2 N–H and O–H groups in total. The van der Waals surface area contributed by atoms with Gasteiger partial charge in [-0.05, 0) is 19.4 Å². The highest BCUT2D eigenvalue weighted by Gasteiger charge is 2.10. The maximum atomic E-state index is 11.3. The molecule has 1 rings (SSSR count). The van der Waals surface area contributed by atoms with Crippen LogP contribution in [0.15, 0.2) is 17.3 Å². The third-order valence-electron chi connectivity index (χ3n) is 3.39. The Hall–Kier alpha value is -1.25. The first-order chi connectivity index (χ1) is 10.8. The van der Waals surface area contributed by atoms with Crippen LogP contribution in [0, 0.1) is 0 Å². The van der Waals surface area contributed by atoms with Crippen molar-refractivity contribution < 1.29 is 8.42 Å². The highest BCUT2D eigenvalue weighted by molar-refractivity contribution is 7.89. The van der Waals surface area contributed by atoms with Crippen LogP contribution in [0.25, 0.3) is 0 Å². The second kappa shape index (κ2) is 9.14. The molecule has 23 heavy (non-hydrogen) atoms. The van der Waals surface area contributed by atoms with E-state index in [0.717, 1.165) is 11.7 Å². The molecule has 1 aromatic rings. The van der Waals surface area contributed by atoms with Crippen molar-refractivity contribution in [2.45, 2.75) is 19.9 Å². The van der Waals surface area contributed by atoms with Gasteiger partial charge in [-0.3, -0.25) is 4.99 Å². The van der Waals surface area contributed by atoms with Gasteiger partial charge in [0.25, 0.3) is 0 Å². The zero-order valence-corrected chi connectivity index (χ0v) is 15.7. The predicted molar refractivity (Wildman–Crippen MR) is 95.3 cm³/mol. The molecule has 0 aliphatic heterocycles. The maximum absolute atomic E-state index is 11.3. The molecular weight excluding hydrogens is 338 g/mol. The number of hydrogen-bond acceptors (Lipinski definition) is 3. The quantitative estimate of drug-likeness (QED) is 0.410. The summed E-state index contributed by atoms with van der Waals surface area (Å²) in [5.41, 5.74) is 1.08. The summed E-state index contributed by atoms with van der Waals surface area (Å²) in [6.45, 7) is 3.34. The Morgan fingerprint density at radius 3 is 2.65 bits per heavy atom. The molecule has 0 atom stereocenters. The van der Waals surface area contributed by atoms with Gasteiger partial charge in [0.1, 0.15) is 0 Å². The lowest BCUT2D eigenvalue weighted by Crippen LogP contribution is -2.40. The van der Waals surface area contributed by atoms with E-state index in [9.17, 15) is 8.42 Å². The molecule has 0 unspecified atom stereocenters. The van der Waals surface area contributed by atoms with Crippen LogP contribution < -0.4 is 10.0 Å². The second-order valence-electron chi connectivity index (χ2n) is 5.24. The van der Waals surface area contributed by atoms with Crippen molar-refractivity contribution in [3.05, 3.63) is 23.0 Å². The van der Waals surface area contributed by atoms with Gasteiger partial charge < -0.3 is 14.8 Å². The average Bonchev–Trinajstić information content (AvgIpc) is 2.80. The molecule has 0 bridgehead atoms. The molecule has 0 radical (unpaired) electrons. The van der Waals surface area contributed by atoms with E-state index < -0.39 is 10.0 Å². The Balaban J connectivity index is 2.40. The number of aryl methyl sites for hydroxylation is 1. The highest BCUT2D eigenvalue weighted by Crippen LogP contribution is 2.14. The first kappa shape index (κ1) is 19.8. The minimum Gasteiger partial charge on any atom is -0.356 e. The molecule has 1 aromatic heterocycles. The number of sulfonamides is 1. The summed E-state index contributed by atoms with van der Waals surface area (Å²) in [4.78, 5) is 6.22. The summed E-state index contributed by atoms with van der Waals surface area (Å²) in [6, 6.07) is 1.92. The summed E-state index contributed by atoms with van der Waals surface area (Å²) in [7, 11) is 2.49. The number of halogens is 1. The van der Waals surface area contributed by atoms with Crippen molar-refractivity contribution in [3.63, 3.8) is 0 Å². The topological polar surface area (TPSA) is 78.7 Å². The van der Waals surface area contributed by atoms with Crippen molar-refractivity contribution in [2.75, 3.05) is 32.9 Å². The SMILES string of the molecule is CCS(=O)(=O)NCCCNC(=NC)N(C)Cc1cc(Cl)cn1C. The van der Waals surface area contributed by atoms with Gasteiger partial charge in [0.15, 0.2) is 5.96 Å². The summed E-state index contributed by atoms with van der Waals surface area (Å²) in [5, 5.41) is 3.93. The van der Waals surface area contributed by atoms with Crippen LogP contribution in [-0.4, -0.2) is 56.8 Å². The molecule has 0 saturated carbocycles. The second-order valence-corrected chi connectivity index (χ2v) is 7.77. The van der Waals surface area contributed by atoms with Crippen LogP contribution in [-0.2, 0) is 23.6 Å². The zero-order valence-electron chi connectivity index (χ0n) is 14.1. The third kappa shape index (κ3) is 6.80. The normalized spacial score (nSPS) is 12.5. The van der Waals surface area contributed by atoms with Crippen LogP contribution >= 0.6 is 11.6 Å². The molecule has 0 aliphatic rings. The van der Waals surface area contributed by atoms with Gasteiger partial charge in [-0.2, -0.15) is 0 Å². The van der Waals surface area contributed by atoms with Crippen LogP contribution in [0.2, 0.25) is 5.02 Å². The van der Waals surface area contributed by atoms with Crippen molar-refractivity contribution in [1.82, 2.24) is 19.5 Å². The number of hydrogen-bond donors (Lipinski definition) is 2. The van der Waals surface area contributed by atoms with E-state index in [1.165, 1.54) is 0 Å². The Labute approximate surface area is 143 Å². The molecule has 9 heteroatoms. The van der Waals surface area contributed by atoms with Gasteiger partial charge in [-0.15, -0.1) is 0 Å². The first-order valence-corrected chi connectivity index (χ1v) is 9.52. The summed E-state index contributed by atoms with van der Waals surface area (Å²) < 4.78 is 27.2. The summed E-state index contributed by atoms with van der Waals surface area (Å²) in [6.07, 6.45) is 2.54. The van der Waals surface area contributed by atoms with E-state index in [1.807, 2.05) is 35.8 Å². The summed E-state index contributed by atoms with van der Waals surface area (Å²) >= 11 is 5.99. The molecule has 0 aliphatic carbocycles. The Morgan fingerprint density at radius 2 is 2.13 bits per heavy atom. The van der Waals surface area contributed by atoms with E-state index in [4.69, 9.17) is 11.6 Å². The van der Waals surface area contributed by atoms with Crippen molar-refractivity contribution in [2.24, 2.45) is 12.0 Å². The van der Waals surface area contributed by atoms with Crippen molar-refractivity contribution in [3.8, 4) is 0 Å². The lowest BCUT2D eigenvalue weighted by molar-refractivity contribution is 0.461. The molecule has 0 aromatic carbocycles. The molecule has 1 heterocycles. The van der Waals surface area contributed by atoms with E-state index in [1.54, 1.807) is 14.0 Å². The van der Waals surface area contributed by atoms with E-state index >= 15 is 0 Å². The molecule has 0 fully saturated rings. The molecular formula is C14H26ClN5O2S. The van der Waals surface area contributed by atoms with Gasteiger partial charge >= 0.3 is 0 Å². The molecule has 0 saturated heterocycles. The fourth-order valence-corrected chi connectivity index (χ4v) is 2.98. The Morgan fingerprint density at radius 1 is 1.43 bits per heavy atom. The molecule has 0 spiro atoms. The van der Waals surface area contributed by atoms with Gasteiger partial charge in [-0.25, -0.2) is 13.1 Å². The van der Waals surface area contributed by atoms with Crippen LogP contribution in [0.1, 0.15) is 19.0 Å². The fraction of sp³-hybridized carbons (Fsp3) is 0.643. The Kier molecular flexibility index (Phi) is 7.87. The monoisotopic (exact) mass is 363 g/mol. The Bertz CT molecular complexity index is 627. The molecule has 7 nitrogen and oxygen atoms in total. The molecule has 0 amide bonds. The van der Waals surface area contributed by atoms with Gasteiger partial charge in [0.05, 0.1) is 17.3 Å². The number of aromatic nitrogens is 1. The molecule has 132 valence electrons. The maximum Gasteiger partial charge on any atom is 0.211 e. The van der Waals surface area contributed by atoms with Crippen LogP contribution in [0.4, 0.5) is 0 Å². The number of aliphatic imine (C=N–C) groups is 1. The van der Waals surface area contributed by atoms with Gasteiger partial charge in [-0.1, -0.05) is 11.6 Å². The minimum absolute atomic E-state index is 0.101. The first-order valence-electron chi connectivity index (χ1n) is 7.49. The predicted octanol–water partition coefficient (Wildman–Crippen LogP) is 1.02. The smallest absolute Gasteiger partial charge is 0.211 e. The summed E-state index contributed by atoms with van der Waals surface area (Å²) in [5.74, 6) is 0.852. The van der Waals surface area contributed by atoms with Crippen LogP contribution in [0.3, 0.4) is 0 Å². The number of nitrogens with one attached hydrogen (secondary N) is 2. The lowest BCUT2D eigenvalue weighted by atomic mass is 10.4.